The summed E-state index contributed by atoms with van der Waals surface area (Å²) < 4.78 is 5.40. The normalized spacial score (nSPS) is 16.4. The fraction of sp³-hybridized carbons (Fsp3) is 0.679. The zero-order chi connectivity index (χ0) is 26.3. The van der Waals surface area contributed by atoms with Gasteiger partial charge in [0.1, 0.15) is 17.7 Å². The van der Waals surface area contributed by atoms with Crippen LogP contribution in [0.25, 0.3) is 0 Å². The molecule has 1 aromatic rings. The second-order valence-corrected chi connectivity index (χ2v) is 11.1. The minimum atomic E-state index is -0.818. The highest BCUT2D eigenvalue weighted by Gasteiger charge is 2.37. The number of hydrogen-bond donors (Lipinski definition) is 2. The fourth-order valence-electron chi connectivity index (χ4n) is 4.53. The van der Waals surface area contributed by atoms with Crippen LogP contribution in [-0.2, 0) is 14.3 Å². The Kier molecular flexibility index (Phi) is 10.2. The summed E-state index contributed by atoms with van der Waals surface area (Å²) in [6.45, 7) is 15.3. The molecule has 2 atom stereocenters. The number of carbonyl (C=O) groups excluding carboxylic acids is 3. The zero-order valence-electron chi connectivity index (χ0n) is 22.9. The van der Waals surface area contributed by atoms with Crippen LogP contribution in [0.4, 0.5) is 4.79 Å². The molecule has 0 aromatic heterocycles. The fourth-order valence-corrected chi connectivity index (χ4v) is 4.53. The lowest BCUT2D eigenvalue weighted by Crippen LogP contribution is -2.55. The highest BCUT2D eigenvalue weighted by Crippen LogP contribution is 2.27. The highest BCUT2D eigenvalue weighted by atomic mass is 16.6. The monoisotopic (exact) mass is 487 g/mol. The minimum Gasteiger partial charge on any atom is -0.444 e. The summed E-state index contributed by atoms with van der Waals surface area (Å²) in [5, 5.41) is 5.97. The summed E-state index contributed by atoms with van der Waals surface area (Å²) in [5.41, 5.74) is 2.28. The van der Waals surface area contributed by atoms with Crippen molar-refractivity contribution in [1.29, 1.82) is 0 Å². The van der Waals surface area contributed by atoms with Gasteiger partial charge in [-0.2, -0.15) is 0 Å². The van der Waals surface area contributed by atoms with Crippen LogP contribution >= 0.6 is 0 Å². The predicted molar refractivity (Wildman–Crippen MR) is 139 cm³/mol. The van der Waals surface area contributed by atoms with Gasteiger partial charge in [-0.05, 0) is 77.0 Å². The SMILES string of the molecule is CCN(C(=O)C(NC(=O)OC(C)(C)C)C(C)C)C(C(=O)NC1CCCCC1)c1ccc(C)c(C)c1. The summed E-state index contributed by atoms with van der Waals surface area (Å²) in [7, 11) is 0. The number of nitrogens with zero attached hydrogens (tertiary/aromatic N) is 1. The average molecular weight is 488 g/mol. The van der Waals surface area contributed by atoms with Crippen molar-refractivity contribution in [2.45, 2.75) is 111 Å². The molecule has 1 aliphatic rings. The number of likely N-dealkylation sites (N-methyl/N-ethyl adjacent to an activating group) is 1. The molecule has 0 saturated heterocycles. The zero-order valence-corrected chi connectivity index (χ0v) is 22.9. The van der Waals surface area contributed by atoms with E-state index in [0.29, 0.717) is 6.54 Å². The second-order valence-electron chi connectivity index (χ2n) is 11.1. The molecule has 1 aromatic carbocycles. The van der Waals surface area contributed by atoms with E-state index in [1.54, 1.807) is 25.7 Å². The third-order valence-corrected chi connectivity index (χ3v) is 6.59. The van der Waals surface area contributed by atoms with Gasteiger partial charge in [0.15, 0.2) is 0 Å². The molecule has 1 aliphatic carbocycles. The Morgan fingerprint density at radius 3 is 2.20 bits per heavy atom. The first-order chi connectivity index (χ1) is 16.3. The first-order valence-corrected chi connectivity index (χ1v) is 13.0. The lowest BCUT2D eigenvalue weighted by Gasteiger charge is -2.36. The van der Waals surface area contributed by atoms with E-state index in [2.05, 4.69) is 10.6 Å². The van der Waals surface area contributed by atoms with Gasteiger partial charge in [0.2, 0.25) is 11.8 Å². The molecule has 196 valence electrons. The van der Waals surface area contributed by atoms with Crippen molar-refractivity contribution >= 4 is 17.9 Å². The molecule has 0 aliphatic heterocycles. The van der Waals surface area contributed by atoms with Crippen LogP contribution in [0, 0.1) is 19.8 Å². The number of amides is 3. The van der Waals surface area contributed by atoms with Crippen LogP contribution in [0.3, 0.4) is 0 Å². The molecule has 0 bridgehead atoms. The molecule has 0 radical (unpaired) electrons. The molecule has 1 fully saturated rings. The van der Waals surface area contributed by atoms with E-state index >= 15 is 0 Å². The Bertz CT molecular complexity index is 885. The standard InChI is InChI=1S/C28H45N3O4/c1-9-31(26(33)23(18(2)3)30-27(34)35-28(6,7)8)24(21-16-15-19(4)20(5)17-21)25(32)29-22-13-11-10-12-14-22/h15-18,22-24H,9-14H2,1-8H3,(H,29,32)(H,30,34). The molecule has 7 heteroatoms. The topological polar surface area (TPSA) is 87.7 Å². The van der Waals surface area contributed by atoms with E-state index in [1.807, 2.05) is 52.8 Å². The Balaban J connectivity index is 2.39. The molecule has 0 spiro atoms. The van der Waals surface area contributed by atoms with Gasteiger partial charge < -0.3 is 20.3 Å². The van der Waals surface area contributed by atoms with Crippen molar-refractivity contribution in [3.63, 3.8) is 0 Å². The van der Waals surface area contributed by atoms with Crippen LogP contribution in [0.5, 0.6) is 0 Å². The van der Waals surface area contributed by atoms with Gasteiger partial charge >= 0.3 is 6.09 Å². The summed E-state index contributed by atoms with van der Waals surface area (Å²) >= 11 is 0. The molecule has 0 heterocycles. The minimum absolute atomic E-state index is 0.125. The molecule has 2 rings (SSSR count). The summed E-state index contributed by atoms with van der Waals surface area (Å²) in [6, 6.07) is 4.43. The maximum Gasteiger partial charge on any atom is 0.408 e. The van der Waals surface area contributed by atoms with Crippen LogP contribution in [0.2, 0.25) is 0 Å². The Hall–Kier alpha value is -2.57. The molecule has 35 heavy (non-hydrogen) atoms. The largest absolute Gasteiger partial charge is 0.444 e. The number of hydrogen-bond acceptors (Lipinski definition) is 4. The van der Waals surface area contributed by atoms with Crippen LogP contribution < -0.4 is 10.6 Å². The number of ether oxygens (including phenoxy) is 1. The second kappa shape index (κ2) is 12.4. The van der Waals surface area contributed by atoms with E-state index < -0.39 is 23.8 Å². The van der Waals surface area contributed by atoms with Crippen LogP contribution in [0.1, 0.15) is 96.4 Å². The predicted octanol–water partition coefficient (Wildman–Crippen LogP) is 5.19. The molecular formula is C28H45N3O4. The lowest BCUT2D eigenvalue weighted by molar-refractivity contribution is -0.143. The van der Waals surface area contributed by atoms with Crippen molar-refractivity contribution in [1.82, 2.24) is 15.5 Å². The van der Waals surface area contributed by atoms with Crippen molar-refractivity contribution in [3.05, 3.63) is 34.9 Å². The average Bonchev–Trinajstić information content (AvgIpc) is 2.76. The maximum atomic E-state index is 13.9. The summed E-state index contributed by atoms with van der Waals surface area (Å²) in [5.74, 6) is -0.656. The van der Waals surface area contributed by atoms with E-state index in [9.17, 15) is 14.4 Å². The van der Waals surface area contributed by atoms with E-state index in [0.717, 1.165) is 42.4 Å². The Labute approximate surface area is 211 Å². The van der Waals surface area contributed by atoms with E-state index in [1.165, 1.54) is 6.42 Å². The van der Waals surface area contributed by atoms with Gasteiger partial charge in [-0.25, -0.2) is 4.79 Å². The number of nitrogens with one attached hydrogen (secondary N) is 2. The van der Waals surface area contributed by atoms with Gasteiger partial charge in [0.05, 0.1) is 0 Å². The number of carbonyl (C=O) groups is 3. The first-order valence-electron chi connectivity index (χ1n) is 13.0. The van der Waals surface area contributed by atoms with Gasteiger partial charge in [0, 0.05) is 12.6 Å². The van der Waals surface area contributed by atoms with Crippen molar-refractivity contribution in [2.24, 2.45) is 5.92 Å². The van der Waals surface area contributed by atoms with E-state index in [-0.39, 0.29) is 23.8 Å². The van der Waals surface area contributed by atoms with Crippen molar-refractivity contribution in [3.8, 4) is 0 Å². The Morgan fingerprint density at radius 2 is 1.69 bits per heavy atom. The highest BCUT2D eigenvalue weighted by molar-refractivity contribution is 5.92. The van der Waals surface area contributed by atoms with Gasteiger partial charge in [-0.3, -0.25) is 9.59 Å². The maximum absolute atomic E-state index is 13.9. The van der Waals surface area contributed by atoms with Crippen LogP contribution in [0.15, 0.2) is 18.2 Å². The smallest absolute Gasteiger partial charge is 0.408 e. The molecule has 3 amide bonds. The number of rotatable bonds is 8. The number of aryl methyl sites for hydroxylation is 2. The van der Waals surface area contributed by atoms with Crippen LogP contribution in [-0.4, -0.2) is 47.0 Å². The molecular weight excluding hydrogens is 442 g/mol. The number of benzene rings is 1. The van der Waals surface area contributed by atoms with Crippen molar-refractivity contribution < 1.29 is 19.1 Å². The lowest BCUT2D eigenvalue weighted by atomic mass is 9.93. The Morgan fingerprint density at radius 1 is 1.06 bits per heavy atom. The van der Waals surface area contributed by atoms with Gasteiger partial charge in [0.25, 0.3) is 0 Å². The molecule has 7 nitrogen and oxygen atoms in total. The van der Waals surface area contributed by atoms with E-state index in [4.69, 9.17) is 4.74 Å². The number of alkyl carbamates (subject to hydrolysis) is 1. The molecule has 1 saturated carbocycles. The summed E-state index contributed by atoms with van der Waals surface area (Å²) in [4.78, 5) is 41.7. The van der Waals surface area contributed by atoms with Gasteiger partial charge in [-0.15, -0.1) is 0 Å². The third-order valence-electron chi connectivity index (χ3n) is 6.59. The first kappa shape index (κ1) is 28.7. The quantitative estimate of drug-likeness (QED) is 0.528. The molecule has 2 N–H and O–H groups in total. The molecule has 2 unspecified atom stereocenters. The third kappa shape index (κ3) is 8.25. The van der Waals surface area contributed by atoms with Crippen molar-refractivity contribution in [2.75, 3.05) is 6.54 Å². The van der Waals surface area contributed by atoms with Gasteiger partial charge in [-0.1, -0.05) is 51.3 Å². The summed E-state index contributed by atoms with van der Waals surface area (Å²) in [6.07, 6.45) is 4.67.